The zero-order valence-electron chi connectivity index (χ0n) is 12.0. The fourth-order valence-electron chi connectivity index (χ4n) is 1.68. The van der Waals surface area contributed by atoms with Crippen LogP contribution in [0.4, 0.5) is 0 Å². The molecule has 0 spiro atoms. The Morgan fingerprint density at radius 1 is 1.30 bits per heavy atom. The minimum atomic E-state index is -0.648. The second-order valence-corrected chi connectivity index (χ2v) is 5.54. The lowest BCUT2D eigenvalue weighted by atomic mass is 10.1. The number of methoxy groups -OCH3 is 1. The highest BCUT2D eigenvalue weighted by molar-refractivity contribution is 9.10. The molecule has 2 aromatic rings. The first kappa shape index (κ1) is 17.3. The highest BCUT2D eigenvalue weighted by Crippen LogP contribution is 2.25. The highest BCUT2D eigenvalue weighted by atomic mass is 79.9. The molecule has 5 nitrogen and oxygen atoms in total. The molecule has 120 valence electrons. The predicted molar refractivity (Wildman–Crippen MR) is 88.7 cm³/mol. The third-order valence-electron chi connectivity index (χ3n) is 2.80. The van der Waals surface area contributed by atoms with Crippen molar-refractivity contribution in [3.05, 3.63) is 57.4 Å². The molecule has 0 radical (unpaired) electrons. The normalized spacial score (nSPS) is 10.7. The Hall–Kier alpha value is -2.05. The van der Waals surface area contributed by atoms with Gasteiger partial charge in [-0.05, 0) is 52.3 Å². The molecule has 0 fully saturated rings. The molecule has 0 amide bonds. The van der Waals surface area contributed by atoms with Crippen molar-refractivity contribution in [3.63, 3.8) is 0 Å². The van der Waals surface area contributed by atoms with Gasteiger partial charge in [0.05, 0.1) is 12.1 Å². The summed E-state index contributed by atoms with van der Waals surface area (Å²) in [5.41, 5.74) is 0.336. The summed E-state index contributed by atoms with van der Waals surface area (Å²) in [5.74, 6) is -0.0580. The van der Waals surface area contributed by atoms with Crippen LogP contribution in [0.2, 0.25) is 5.02 Å². The van der Waals surface area contributed by atoms with Crippen LogP contribution in [0.1, 0.15) is 16.1 Å². The van der Waals surface area contributed by atoms with Gasteiger partial charge >= 0.3 is 5.97 Å². The van der Waals surface area contributed by atoms with Crippen molar-refractivity contribution in [2.24, 2.45) is 0 Å². The smallest absolute Gasteiger partial charge is 0.331 e. The number of hydrogen-bond acceptors (Lipinski definition) is 5. The maximum Gasteiger partial charge on any atom is 0.331 e. The summed E-state index contributed by atoms with van der Waals surface area (Å²) in [5, 5.41) is 0.313. The predicted octanol–water partition coefficient (Wildman–Crippen LogP) is 4.14. The standard InChI is InChI=1S/C16H12BrClO5/c1-21-14-5-2-10(8-12(14)18)13(19)9-22-16(20)7-4-11-3-6-15(17)23-11/h2-8H,9H2,1H3/b7-4+. The van der Waals surface area contributed by atoms with Crippen LogP contribution >= 0.6 is 27.5 Å². The molecule has 23 heavy (non-hydrogen) atoms. The van der Waals surface area contributed by atoms with Crippen LogP contribution in [0, 0.1) is 0 Å². The number of halogens is 2. The Bertz CT molecular complexity index is 751. The molecular formula is C16H12BrClO5. The van der Waals surface area contributed by atoms with Crippen LogP contribution in [-0.2, 0) is 9.53 Å². The van der Waals surface area contributed by atoms with Gasteiger partial charge in [-0.15, -0.1) is 0 Å². The topological polar surface area (TPSA) is 65.7 Å². The van der Waals surface area contributed by atoms with E-state index in [4.69, 9.17) is 25.5 Å². The molecule has 0 unspecified atom stereocenters. The molecule has 1 aromatic heterocycles. The van der Waals surface area contributed by atoms with Crippen molar-refractivity contribution in [3.8, 4) is 5.75 Å². The van der Waals surface area contributed by atoms with Crippen molar-refractivity contribution in [1.82, 2.24) is 0 Å². The summed E-state index contributed by atoms with van der Waals surface area (Å²) in [7, 11) is 1.48. The van der Waals surface area contributed by atoms with Gasteiger partial charge in [-0.1, -0.05) is 11.6 Å². The first-order valence-corrected chi connectivity index (χ1v) is 7.63. The van der Waals surface area contributed by atoms with E-state index in [9.17, 15) is 9.59 Å². The van der Waals surface area contributed by atoms with Crippen LogP contribution in [0.25, 0.3) is 6.08 Å². The van der Waals surface area contributed by atoms with Crippen LogP contribution in [0.3, 0.4) is 0 Å². The second-order valence-electron chi connectivity index (χ2n) is 4.36. The number of ketones is 1. The Kier molecular flexibility index (Phi) is 6.01. The SMILES string of the molecule is COc1ccc(C(=O)COC(=O)/C=C/c2ccc(Br)o2)cc1Cl. The third-order valence-corrected chi connectivity index (χ3v) is 3.52. The Morgan fingerprint density at radius 3 is 2.70 bits per heavy atom. The number of carbonyl (C=O) groups is 2. The summed E-state index contributed by atoms with van der Waals surface area (Å²) < 4.78 is 15.6. The summed E-state index contributed by atoms with van der Waals surface area (Å²) in [6.45, 7) is -0.381. The van der Waals surface area contributed by atoms with E-state index < -0.39 is 5.97 Å². The molecule has 2 rings (SSSR count). The summed E-state index contributed by atoms with van der Waals surface area (Å²) in [6, 6.07) is 7.97. The maximum absolute atomic E-state index is 12.0. The fraction of sp³-hybridized carbons (Fsp3) is 0.125. The molecule has 1 heterocycles. The van der Waals surface area contributed by atoms with Crippen LogP contribution < -0.4 is 4.74 Å². The summed E-state index contributed by atoms with van der Waals surface area (Å²) in [6.07, 6.45) is 2.63. The molecule has 0 aliphatic rings. The van der Waals surface area contributed by atoms with Crippen molar-refractivity contribution in [2.75, 3.05) is 13.7 Å². The van der Waals surface area contributed by atoms with Gasteiger partial charge in [-0.3, -0.25) is 4.79 Å². The van der Waals surface area contributed by atoms with E-state index in [1.54, 1.807) is 24.3 Å². The molecule has 0 N–H and O–H groups in total. The van der Waals surface area contributed by atoms with Crippen molar-refractivity contribution in [2.45, 2.75) is 0 Å². The van der Waals surface area contributed by atoms with Crippen LogP contribution in [-0.4, -0.2) is 25.5 Å². The highest BCUT2D eigenvalue weighted by Gasteiger charge is 2.11. The first-order chi connectivity index (χ1) is 11.0. The molecule has 0 aliphatic heterocycles. The van der Waals surface area contributed by atoms with E-state index in [1.165, 1.54) is 25.3 Å². The number of hydrogen-bond donors (Lipinski definition) is 0. The molecule has 0 saturated heterocycles. The summed E-state index contributed by atoms with van der Waals surface area (Å²) in [4.78, 5) is 23.5. The second kappa shape index (κ2) is 7.99. The zero-order chi connectivity index (χ0) is 16.8. The minimum Gasteiger partial charge on any atom is -0.495 e. The van der Waals surface area contributed by atoms with Gasteiger partial charge in [-0.2, -0.15) is 0 Å². The fourth-order valence-corrected chi connectivity index (χ4v) is 2.25. The van der Waals surface area contributed by atoms with E-state index in [0.717, 1.165) is 0 Å². The molecule has 1 aromatic carbocycles. The lowest BCUT2D eigenvalue weighted by Gasteiger charge is -2.05. The minimum absolute atomic E-state index is 0.313. The van der Waals surface area contributed by atoms with Gasteiger partial charge in [0.1, 0.15) is 11.5 Å². The third kappa shape index (κ3) is 4.97. The lowest BCUT2D eigenvalue weighted by molar-refractivity contribution is -0.136. The number of carbonyl (C=O) groups excluding carboxylic acids is 2. The van der Waals surface area contributed by atoms with Crippen molar-refractivity contribution >= 4 is 45.4 Å². The van der Waals surface area contributed by atoms with Gasteiger partial charge in [0.15, 0.2) is 17.1 Å². The van der Waals surface area contributed by atoms with Gasteiger partial charge in [-0.25, -0.2) is 4.79 Å². The molecule has 0 bridgehead atoms. The largest absolute Gasteiger partial charge is 0.495 e. The van der Waals surface area contributed by atoms with Gasteiger partial charge in [0.2, 0.25) is 0 Å². The number of Topliss-reactive ketones (excluding diaryl/α,β-unsaturated/α-hetero) is 1. The molecule has 0 atom stereocenters. The Morgan fingerprint density at radius 2 is 2.09 bits per heavy atom. The number of furan rings is 1. The Balaban J connectivity index is 1.89. The van der Waals surface area contributed by atoms with Crippen LogP contribution in [0.15, 0.2) is 45.5 Å². The summed E-state index contributed by atoms with van der Waals surface area (Å²) >= 11 is 9.10. The van der Waals surface area contributed by atoms with Gasteiger partial charge in [0, 0.05) is 11.6 Å². The average Bonchev–Trinajstić information content (AvgIpc) is 2.96. The van der Waals surface area contributed by atoms with E-state index in [1.807, 2.05) is 0 Å². The van der Waals surface area contributed by atoms with E-state index in [-0.39, 0.29) is 12.4 Å². The molecule has 7 heteroatoms. The quantitative estimate of drug-likeness (QED) is 0.415. The van der Waals surface area contributed by atoms with E-state index >= 15 is 0 Å². The molecule has 0 aliphatic carbocycles. The van der Waals surface area contributed by atoms with Crippen molar-refractivity contribution < 1.29 is 23.5 Å². The zero-order valence-corrected chi connectivity index (χ0v) is 14.4. The maximum atomic E-state index is 12.0. The van der Waals surface area contributed by atoms with E-state index in [0.29, 0.717) is 26.8 Å². The first-order valence-electron chi connectivity index (χ1n) is 6.46. The monoisotopic (exact) mass is 398 g/mol. The number of ether oxygens (including phenoxy) is 2. The number of rotatable bonds is 6. The van der Waals surface area contributed by atoms with E-state index in [2.05, 4.69) is 15.9 Å². The van der Waals surface area contributed by atoms with Crippen molar-refractivity contribution in [1.29, 1.82) is 0 Å². The molecule has 0 saturated carbocycles. The number of benzene rings is 1. The Labute approximate surface area is 146 Å². The lowest BCUT2D eigenvalue weighted by Crippen LogP contribution is -2.12. The average molecular weight is 400 g/mol. The number of esters is 1. The van der Waals surface area contributed by atoms with Crippen LogP contribution in [0.5, 0.6) is 5.75 Å². The van der Waals surface area contributed by atoms with Gasteiger partial charge < -0.3 is 13.9 Å². The molecular weight excluding hydrogens is 388 g/mol. The van der Waals surface area contributed by atoms with Gasteiger partial charge in [0.25, 0.3) is 0 Å².